The van der Waals surface area contributed by atoms with Crippen LogP contribution in [0.4, 0.5) is 5.69 Å². The lowest BCUT2D eigenvalue weighted by Crippen LogP contribution is -1.90. The number of anilines is 1. The molecule has 1 aromatic carbocycles. The molecule has 1 heterocycles. The third-order valence-corrected chi connectivity index (χ3v) is 1.94. The highest BCUT2D eigenvalue weighted by Crippen LogP contribution is 2.23. The van der Waals surface area contributed by atoms with Gasteiger partial charge in [-0.15, -0.1) is 12.4 Å². The molecular weight excluding hydrogens is 196 g/mol. The Morgan fingerprint density at radius 2 is 1.71 bits per heavy atom. The number of benzene rings is 1. The van der Waals surface area contributed by atoms with Crippen molar-refractivity contribution >= 4 is 18.1 Å². The summed E-state index contributed by atoms with van der Waals surface area (Å²) in [4.78, 5) is 3.95. The number of nitrogens with zero attached hydrogens (tertiary/aromatic N) is 1. The fourth-order valence-corrected chi connectivity index (χ4v) is 1.29. The van der Waals surface area contributed by atoms with E-state index in [1.807, 2.05) is 36.4 Å². The van der Waals surface area contributed by atoms with E-state index in [2.05, 4.69) is 4.98 Å². The number of aromatic nitrogens is 1. The van der Waals surface area contributed by atoms with Gasteiger partial charge in [-0.2, -0.15) is 0 Å². The van der Waals surface area contributed by atoms with Crippen molar-refractivity contribution in [2.45, 2.75) is 0 Å². The van der Waals surface area contributed by atoms with Crippen molar-refractivity contribution in [2.24, 2.45) is 0 Å². The van der Waals surface area contributed by atoms with Gasteiger partial charge in [-0.1, -0.05) is 30.3 Å². The number of hydrogen-bond donors (Lipinski definition) is 1. The number of pyridine rings is 1. The summed E-state index contributed by atoms with van der Waals surface area (Å²) < 4.78 is 0. The maximum Gasteiger partial charge on any atom is 0.0580 e. The SMILES string of the molecule is Cl.Nc1cnccc1-c1ccccc1. The summed E-state index contributed by atoms with van der Waals surface area (Å²) >= 11 is 0. The molecule has 0 fully saturated rings. The molecule has 0 bridgehead atoms. The Bertz CT molecular complexity index is 401. The third kappa shape index (κ3) is 2.03. The van der Waals surface area contributed by atoms with E-state index in [0.29, 0.717) is 5.69 Å². The van der Waals surface area contributed by atoms with Crippen LogP contribution < -0.4 is 5.73 Å². The zero-order chi connectivity index (χ0) is 9.10. The van der Waals surface area contributed by atoms with E-state index in [-0.39, 0.29) is 12.4 Å². The molecule has 0 unspecified atom stereocenters. The summed E-state index contributed by atoms with van der Waals surface area (Å²) in [6.07, 6.45) is 3.42. The Labute approximate surface area is 89.2 Å². The minimum atomic E-state index is 0. The minimum Gasteiger partial charge on any atom is -0.397 e. The summed E-state index contributed by atoms with van der Waals surface area (Å²) in [5.74, 6) is 0. The van der Waals surface area contributed by atoms with Gasteiger partial charge in [0, 0.05) is 11.8 Å². The van der Waals surface area contributed by atoms with Gasteiger partial charge in [-0.05, 0) is 11.6 Å². The molecule has 2 aromatic rings. The highest BCUT2D eigenvalue weighted by atomic mass is 35.5. The number of nitrogen functional groups attached to an aromatic ring is 1. The van der Waals surface area contributed by atoms with E-state index < -0.39 is 0 Å². The standard InChI is InChI=1S/C11H10N2.ClH/c12-11-8-13-7-6-10(11)9-4-2-1-3-5-9;/h1-8H,12H2;1H. The summed E-state index contributed by atoms with van der Waals surface area (Å²) in [5, 5.41) is 0. The van der Waals surface area contributed by atoms with Gasteiger partial charge in [0.2, 0.25) is 0 Å². The van der Waals surface area contributed by atoms with E-state index in [0.717, 1.165) is 11.1 Å². The predicted molar refractivity (Wildman–Crippen MR) is 61.3 cm³/mol. The first kappa shape index (κ1) is 10.5. The lowest BCUT2D eigenvalue weighted by molar-refractivity contribution is 1.33. The van der Waals surface area contributed by atoms with Crippen LogP contribution in [-0.2, 0) is 0 Å². The maximum absolute atomic E-state index is 5.79. The van der Waals surface area contributed by atoms with Crippen molar-refractivity contribution in [3.8, 4) is 11.1 Å². The van der Waals surface area contributed by atoms with Crippen LogP contribution in [-0.4, -0.2) is 4.98 Å². The van der Waals surface area contributed by atoms with E-state index >= 15 is 0 Å². The molecular formula is C11H11ClN2. The molecule has 1 aromatic heterocycles. The van der Waals surface area contributed by atoms with Crippen LogP contribution in [0.2, 0.25) is 0 Å². The number of hydrogen-bond acceptors (Lipinski definition) is 2. The zero-order valence-electron chi connectivity index (χ0n) is 7.55. The van der Waals surface area contributed by atoms with E-state index in [1.165, 1.54) is 0 Å². The molecule has 2 nitrogen and oxygen atoms in total. The van der Waals surface area contributed by atoms with Gasteiger partial charge in [-0.3, -0.25) is 4.98 Å². The van der Waals surface area contributed by atoms with Gasteiger partial charge >= 0.3 is 0 Å². The molecule has 0 amide bonds. The molecule has 0 aliphatic rings. The first-order valence-electron chi connectivity index (χ1n) is 4.13. The molecule has 0 aliphatic carbocycles. The van der Waals surface area contributed by atoms with Gasteiger partial charge < -0.3 is 5.73 Å². The average molecular weight is 207 g/mol. The largest absolute Gasteiger partial charge is 0.397 e. The molecule has 0 saturated carbocycles. The fraction of sp³-hybridized carbons (Fsp3) is 0. The Kier molecular flexibility index (Phi) is 3.48. The predicted octanol–water partition coefficient (Wildman–Crippen LogP) is 2.75. The first-order chi connectivity index (χ1) is 6.38. The normalized spacial score (nSPS) is 9.14. The van der Waals surface area contributed by atoms with Crippen LogP contribution in [0.3, 0.4) is 0 Å². The second-order valence-corrected chi connectivity index (χ2v) is 2.83. The molecule has 0 atom stereocenters. The smallest absolute Gasteiger partial charge is 0.0580 e. The molecule has 0 radical (unpaired) electrons. The van der Waals surface area contributed by atoms with Crippen LogP contribution in [0.1, 0.15) is 0 Å². The van der Waals surface area contributed by atoms with Crippen LogP contribution in [0.25, 0.3) is 11.1 Å². The Hall–Kier alpha value is -1.54. The highest BCUT2D eigenvalue weighted by molar-refractivity contribution is 5.85. The van der Waals surface area contributed by atoms with Gasteiger partial charge in [0.15, 0.2) is 0 Å². The second-order valence-electron chi connectivity index (χ2n) is 2.83. The molecule has 2 rings (SSSR count). The molecule has 2 N–H and O–H groups in total. The van der Waals surface area contributed by atoms with Crippen LogP contribution in [0, 0.1) is 0 Å². The van der Waals surface area contributed by atoms with Crippen LogP contribution >= 0.6 is 12.4 Å². The molecule has 3 heteroatoms. The molecule has 0 spiro atoms. The van der Waals surface area contributed by atoms with Crippen LogP contribution in [0.5, 0.6) is 0 Å². The molecule has 72 valence electrons. The monoisotopic (exact) mass is 206 g/mol. The number of nitrogens with two attached hydrogens (primary N) is 1. The first-order valence-corrected chi connectivity index (χ1v) is 4.13. The van der Waals surface area contributed by atoms with Crippen molar-refractivity contribution in [3.05, 3.63) is 48.8 Å². The van der Waals surface area contributed by atoms with Gasteiger partial charge in [-0.25, -0.2) is 0 Å². The van der Waals surface area contributed by atoms with Crippen molar-refractivity contribution < 1.29 is 0 Å². The van der Waals surface area contributed by atoms with Gasteiger partial charge in [0.05, 0.1) is 11.9 Å². The number of rotatable bonds is 1. The highest BCUT2D eigenvalue weighted by Gasteiger charge is 1.99. The Morgan fingerprint density at radius 1 is 1.00 bits per heavy atom. The van der Waals surface area contributed by atoms with E-state index in [1.54, 1.807) is 12.4 Å². The van der Waals surface area contributed by atoms with Crippen molar-refractivity contribution in [2.75, 3.05) is 5.73 Å². The van der Waals surface area contributed by atoms with Crippen molar-refractivity contribution in [1.82, 2.24) is 4.98 Å². The summed E-state index contributed by atoms with van der Waals surface area (Å²) in [6, 6.07) is 12.0. The van der Waals surface area contributed by atoms with E-state index in [4.69, 9.17) is 5.73 Å². The van der Waals surface area contributed by atoms with Crippen molar-refractivity contribution in [1.29, 1.82) is 0 Å². The summed E-state index contributed by atoms with van der Waals surface area (Å²) in [6.45, 7) is 0. The molecule has 14 heavy (non-hydrogen) atoms. The average Bonchev–Trinajstić information content (AvgIpc) is 2.20. The minimum absolute atomic E-state index is 0. The van der Waals surface area contributed by atoms with E-state index in [9.17, 15) is 0 Å². The van der Waals surface area contributed by atoms with Crippen molar-refractivity contribution in [3.63, 3.8) is 0 Å². The Balaban J connectivity index is 0.000000980. The molecule has 0 saturated heterocycles. The summed E-state index contributed by atoms with van der Waals surface area (Å²) in [5.41, 5.74) is 8.67. The summed E-state index contributed by atoms with van der Waals surface area (Å²) in [7, 11) is 0. The fourth-order valence-electron chi connectivity index (χ4n) is 1.29. The van der Waals surface area contributed by atoms with Crippen LogP contribution in [0.15, 0.2) is 48.8 Å². The lowest BCUT2D eigenvalue weighted by atomic mass is 10.1. The zero-order valence-corrected chi connectivity index (χ0v) is 8.37. The van der Waals surface area contributed by atoms with Gasteiger partial charge in [0.1, 0.15) is 0 Å². The second kappa shape index (κ2) is 4.63. The lowest BCUT2D eigenvalue weighted by Gasteiger charge is -2.03. The molecule has 0 aliphatic heterocycles. The van der Waals surface area contributed by atoms with Gasteiger partial charge in [0.25, 0.3) is 0 Å². The Morgan fingerprint density at radius 3 is 2.36 bits per heavy atom. The maximum atomic E-state index is 5.79. The quantitative estimate of drug-likeness (QED) is 0.779. The topological polar surface area (TPSA) is 38.9 Å². The number of halogens is 1. The third-order valence-electron chi connectivity index (χ3n) is 1.94.